The fourth-order valence-electron chi connectivity index (χ4n) is 1.38. The van der Waals surface area contributed by atoms with Crippen molar-refractivity contribution in [3.63, 3.8) is 0 Å². The van der Waals surface area contributed by atoms with E-state index >= 15 is 0 Å². The van der Waals surface area contributed by atoms with Crippen molar-refractivity contribution >= 4 is 31.9 Å². The third-order valence-corrected chi connectivity index (χ3v) is 4.42. The van der Waals surface area contributed by atoms with Crippen molar-refractivity contribution < 1.29 is 18.3 Å². The van der Waals surface area contributed by atoms with Crippen LogP contribution in [0, 0.1) is 0 Å². The van der Waals surface area contributed by atoms with Crippen molar-refractivity contribution in [2.75, 3.05) is 0 Å². The van der Waals surface area contributed by atoms with E-state index in [1.807, 2.05) is 0 Å². The van der Waals surface area contributed by atoms with E-state index in [9.17, 15) is 13.2 Å². The van der Waals surface area contributed by atoms with Gasteiger partial charge < -0.3 is 5.11 Å². The maximum absolute atomic E-state index is 12.0. The summed E-state index contributed by atoms with van der Waals surface area (Å²) in [6.07, 6.45) is 0.189. The number of nitrogens with one attached hydrogen (secondary N) is 1. The molecule has 0 saturated carbocycles. The zero-order valence-corrected chi connectivity index (χ0v) is 12.2. The van der Waals surface area contributed by atoms with Gasteiger partial charge in [0.25, 0.3) is 0 Å². The van der Waals surface area contributed by atoms with E-state index in [0.29, 0.717) is 6.42 Å². The number of carbonyl (C=O) groups is 1. The molecule has 100 valence electrons. The summed E-state index contributed by atoms with van der Waals surface area (Å²) in [6, 6.07) is 5.55. The van der Waals surface area contributed by atoms with Crippen LogP contribution in [0.3, 0.4) is 0 Å². The van der Waals surface area contributed by atoms with Crippen LogP contribution in [-0.4, -0.2) is 25.5 Å². The molecule has 0 fully saturated rings. The van der Waals surface area contributed by atoms with Crippen LogP contribution in [-0.2, 0) is 14.8 Å². The first-order chi connectivity index (χ1) is 8.35. The fraction of sp³-hybridized carbons (Fsp3) is 0.364. The summed E-state index contributed by atoms with van der Waals surface area (Å²) in [5.74, 6) is -1.03. The van der Waals surface area contributed by atoms with Gasteiger partial charge in [-0.2, -0.15) is 0 Å². The summed E-state index contributed by atoms with van der Waals surface area (Å²) < 4.78 is 27.1. The van der Waals surface area contributed by atoms with Gasteiger partial charge in [0.1, 0.15) is 0 Å². The fourth-order valence-corrected chi connectivity index (χ4v) is 2.96. The molecule has 0 aliphatic carbocycles. The third kappa shape index (κ3) is 4.40. The molecule has 1 unspecified atom stereocenters. The van der Waals surface area contributed by atoms with E-state index < -0.39 is 22.0 Å². The number of hydrogen-bond donors (Lipinski definition) is 2. The average molecular weight is 336 g/mol. The largest absolute Gasteiger partial charge is 0.481 e. The van der Waals surface area contributed by atoms with Crippen LogP contribution in [0.5, 0.6) is 0 Å². The molecular weight excluding hydrogens is 322 g/mol. The predicted molar refractivity (Wildman–Crippen MR) is 70.8 cm³/mol. The van der Waals surface area contributed by atoms with Gasteiger partial charge in [0.2, 0.25) is 10.0 Å². The van der Waals surface area contributed by atoms with Gasteiger partial charge >= 0.3 is 5.97 Å². The molecule has 0 saturated heterocycles. The molecule has 1 aromatic rings. The highest BCUT2D eigenvalue weighted by Gasteiger charge is 2.20. The van der Waals surface area contributed by atoms with Gasteiger partial charge in [-0.1, -0.05) is 22.9 Å². The highest BCUT2D eigenvalue weighted by atomic mass is 79.9. The molecule has 0 bridgehead atoms. The molecule has 1 rings (SSSR count). The summed E-state index contributed by atoms with van der Waals surface area (Å²) in [5.41, 5.74) is 0. The van der Waals surface area contributed by atoms with Crippen LogP contribution < -0.4 is 4.72 Å². The minimum Gasteiger partial charge on any atom is -0.481 e. The summed E-state index contributed by atoms with van der Waals surface area (Å²) >= 11 is 3.22. The van der Waals surface area contributed by atoms with E-state index in [4.69, 9.17) is 5.11 Å². The lowest BCUT2D eigenvalue weighted by Crippen LogP contribution is -2.35. The molecule has 7 heteroatoms. The Morgan fingerprint density at radius 1 is 1.39 bits per heavy atom. The normalized spacial score (nSPS) is 13.2. The Balaban J connectivity index is 2.86. The second-order valence-corrected chi connectivity index (χ2v) is 6.41. The minimum atomic E-state index is -3.67. The number of benzene rings is 1. The number of carboxylic acids is 1. The van der Waals surface area contributed by atoms with Gasteiger partial charge in [0.05, 0.1) is 11.3 Å². The monoisotopic (exact) mass is 335 g/mol. The topological polar surface area (TPSA) is 83.5 Å². The molecule has 1 aromatic carbocycles. The first-order valence-corrected chi connectivity index (χ1v) is 7.62. The molecular formula is C11H14BrNO4S. The molecule has 5 nitrogen and oxygen atoms in total. The van der Waals surface area contributed by atoms with Gasteiger partial charge in [-0.3, -0.25) is 4.79 Å². The smallest absolute Gasteiger partial charge is 0.304 e. The van der Waals surface area contributed by atoms with E-state index in [0.717, 1.165) is 4.47 Å². The number of rotatable bonds is 6. The SMILES string of the molecule is CCC(CC(=O)O)NS(=O)(=O)c1ccc(Br)cc1. The van der Waals surface area contributed by atoms with Crippen LogP contribution in [0.1, 0.15) is 19.8 Å². The van der Waals surface area contributed by atoms with Crippen LogP contribution in [0.2, 0.25) is 0 Å². The predicted octanol–water partition coefficient (Wildman–Crippen LogP) is 1.98. The Bertz CT molecular complexity index is 512. The van der Waals surface area contributed by atoms with Crippen LogP contribution in [0.4, 0.5) is 0 Å². The first-order valence-electron chi connectivity index (χ1n) is 5.35. The van der Waals surface area contributed by atoms with Gasteiger partial charge in [0, 0.05) is 10.5 Å². The maximum Gasteiger partial charge on any atom is 0.304 e. The number of carboxylic acid groups (broad SMARTS) is 1. The van der Waals surface area contributed by atoms with Crippen LogP contribution in [0.25, 0.3) is 0 Å². The second-order valence-electron chi connectivity index (χ2n) is 3.78. The molecule has 0 radical (unpaired) electrons. The van der Waals surface area contributed by atoms with Crippen molar-refractivity contribution in [2.45, 2.75) is 30.7 Å². The van der Waals surface area contributed by atoms with Crippen LogP contribution in [0.15, 0.2) is 33.6 Å². The van der Waals surface area contributed by atoms with Gasteiger partial charge in [-0.05, 0) is 30.7 Å². The molecule has 0 aromatic heterocycles. The Morgan fingerprint density at radius 2 is 1.94 bits per heavy atom. The number of hydrogen-bond acceptors (Lipinski definition) is 3. The van der Waals surface area contributed by atoms with Crippen molar-refractivity contribution in [3.05, 3.63) is 28.7 Å². The number of sulfonamides is 1. The van der Waals surface area contributed by atoms with Gasteiger partial charge in [-0.25, -0.2) is 13.1 Å². The van der Waals surface area contributed by atoms with Crippen molar-refractivity contribution in [3.8, 4) is 0 Å². The van der Waals surface area contributed by atoms with Crippen molar-refractivity contribution in [2.24, 2.45) is 0 Å². The lowest BCUT2D eigenvalue weighted by Gasteiger charge is -2.15. The number of halogens is 1. The van der Waals surface area contributed by atoms with Gasteiger partial charge in [-0.15, -0.1) is 0 Å². The summed E-state index contributed by atoms with van der Waals surface area (Å²) in [4.78, 5) is 10.7. The molecule has 2 N–H and O–H groups in total. The van der Waals surface area contributed by atoms with Crippen LogP contribution >= 0.6 is 15.9 Å². The van der Waals surface area contributed by atoms with E-state index in [2.05, 4.69) is 20.7 Å². The second kappa shape index (κ2) is 6.31. The molecule has 0 spiro atoms. The first kappa shape index (κ1) is 15.1. The number of aliphatic carboxylic acids is 1. The van der Waals surface area contributed by atoms with Crippen molar-refractivity contribution in [1.29, 1.82) is 0 Å². The Morgan fingerprint density at radius 3 is 2.39 bits per heavy atom. The zero-order chi connectivity index (χ0) is 13.8. The lowest BCUT2D eigenvalue weighted by molar-refractivity contribution is -0.137. The standard InChI is InChI=1S/C11H14BrNO4S/c1-2-9(7-11(14)15)13-18(16,17)10-5-3-8(12)4-6-10/h3-6,9,13H,2,7H2,1H3,(H,14,15). The highest BCUT2D eigenvalue weighted by Crippen LogP contribution is 2.15. The third-order valence-electron chi connectivity index (χ3n) is 2.36. The minimum absolute atomic E-state index is 0.120. The molecule has 0 aliphatic heterocycles. The molecule has 0 heterocycles. The summed E-state index contributed by atoms with van der Waals surface area (Å²) in [6.45, 7) is 1.73. The highest BCUT2D eigenvalue weighted by molar-refractivity contribution is 9.10. The maximum atomic E-state index is 12.0. The quantitative estimate of drug-likeness (QED) is 0.832. The lowest BCUT2D eigenvalue weighted by atomic mass is 10.2. The van der Waals surface area contributed by atoms with E-state index in [1.54, 1.807) is 19.1 Å². The summed E-state index contributed by atoms with van der Waals surface area (Å²) in [7, 11) is -3.67. The molecule has 0 amide bonds. The van der Waals surface area contributed by atoms with Crippen molar-refractivity contribution in [1.82, 2.24) is 4.72 Å². The zero-order valence-electron chi connectivity index (χ0n) is 9.76. The van der Waals surface area contributed by atoms with E-state index in [1.165, 1.54) is 12.1 Å². The summed E-state index contributed by atoms with van der Waals surface area (Å²) in [5, 5.41) is 8.68. The van der Waals surface area contributed by atoms with E-state index in [-0.39, 0.29) is 11.3 Å². The molecule has 1 atom stereocenters. The Hall–Kier alpha value is -0.920. The molecule has 18 heavy (non-hydrogen) atoms. The Kier molecular flexibility index (Phi) is 5.30. The van der Waals surface area contributed by atoms with Gasteiger partial charge in [0.15, 0.2) is 0 Å². The Labute approximate surface area is 114 Å². The molecule has 0 aliphatic rings. The average Bonchev–Trinajstić information content (AvgIpc) is 2.27.